The minimum absolute atomic E-state index is 0.00814. The molecule has 0 aromatic rings. The zero-order chi connectivity index (χ0) is 16.9. The number of phosphoric acid groups is 2. The van der Waals surface area contributed by atoms with Crippen molar-refractivity contribution in [1.29, 1.82) is 0 Å². The first-order chi connectivity index (χ1) is 10.4. The molecule has 132 valence electrons. The van der Waals surface area contributed by atoms with E-state index in [1.165, 1.54) is 0 Å². The molecule has 0 saturated heterocycles. The van der Waals surface area contributed by atoms with Crippen LogP contribution in [-0.2, 0) is 36.3 Å². The zero-order valence-corrected chi connectivity index (χ0v) is 15.3. The first kappa shape index (κ1) is 22.0. The molecule has 10 heteroatoms. The Bertz CT molecular complexity index is 343. The van der Waals surface area contributed by atoms with Crippen LogP contribution in [0.25, 0.3) is 0 Å². The average Bonchev–Trinajstić information content (AvgIpc) is 2.44. The predicted octanol–water partition coefficient (Wildman–Crippen LogP) is 3.94. The van der Waals surface area contributed by atoms with Gasteiger partial charge in [0.1, 0.15) is 0 Å². The summed E-state index contributed by atoms with van der Waals surface area (Å²) in [6, 6.07) is 0. The summed E-state index contributed by atoms with van der Waals surface area (Å²) in [7, 11) is -7.04. The molecule has 0 atom stereocenters. The molecule has 0 saturated carbocycles. The molecule has 8 nitrogen and oxygen atoms in total. The first-order valence-electron chi connectivity index (χ1n) is 7.17. The highest BCUT2D eigenvalue weighted by molar-refractivity contribution is 7.48. The Morgan fingerprint density at radius 1 is 0.591 bits per heavy atom. The van der Waals surface area contributed by atoms with E-state index in [0.29, 0.717) is 0 Å². The number of phosphoric ester groups is 2. The highest BCUT2D eigenvalue weighted by Gasteiger charge is 2.25. The minimum atomic E-state index is -3.52. The van der Waals surface area contributed by atoms with E-state index in [9.17, 15) is 9.13 Å². The summed E-state index contributed by atoms with van der Waals surface area (Å²) in [4.78, 5) is 0. The van der Waals surface area contributed by atoms with Crippen LogP contribution in [0.4, 0.5) is 0 Å². The van der Waals surface area contributed by atoms with E-state index in [1.54, 1.807) is 39.8 Å². The normalized spacial score (nSPS) is 13.1. The van der Waals surface area contributed by atoms with Gasteiger partial charge in [0, 0.05) is 0 Å². The van der Waals surface area contributed by atoms with Crippen LogP contribution in [0.3, 0.4) is 0 Å². The van der Waals surface area contributed by atoms with Gasteiger partial charge in [-0.3, -0.25) is 27.1 Å². The molecule has 0 heterocycles. The van der Waals surface area contributed by atoms with Gasteiger partial charge in [0.05, 0.1) is 39.6 Å². The highest BCUT2D eigenvalue weighted by atomic mass is 31.2. The summed E-state index contributed by atoms with van der Waals surface area (Å²) in [6.45, 7) is 7.66. The van der Waals surface area contributed by atoms with Crippen molar-refractivity contribution < 1.29 is 36.3 Å². The van der Waals surface area contributed by atoms with E-state index >= 15 is 0 Å². The molecule has 0 aromatic carbocycles. The lowest BCUT2D eigenvalue weighted by Gasteiger charge is -2.15. The quantitative estimate of drug-likeness (QED) is 0.340. The second kappa shape index (κ2) is 12.4. The topological polar surface area (TPSA) is 89.5 Å². The van der Waals surface area contributed by atoms with Crippen LogP contribution in [0.5, 0.6) is 0 Å². The van der Waals surface area contributed by atoms with Gasteiger partial charge >= 0.3 is 15.6 Å². The Morgan fingerprint density at radius 3 is 1.09 bits per heavy atom. The maximum absolute atomic E-state index is 12.0. The van der Waals surface area contributed by atoms with Gasteiger partial charge < -0.3 is 0 Å². The highest BCUT2D eigenvalue weighted by Crippen LogP contribution is 2.50. The van der Waals surface area contributed by atoms with Crippen LogP contribution in [0.1, 0.15) is 27.7 Å². The molecule has 0 bridgehead atoms. The Morgan fingerprint density at radius 2 is 0.864 bits per heavy atom. The molecule has 0 aliphatic heterocycles. The summed E-state index contributed by atoms with van der Waals surface area (Å²) in [5, 5.41) is 0. The van der Waals surface area contributed by atoms with Crippen molar-refractivity contribution in [3.05, 3.63) is 12.2 Å². The SMILES string of the molecule is CCOP(=O)(OCC)OC/C=C\COP(=O)(OCC)OCC. The Labute approximate surface area is 132 Å². The van der Waals surface area contributed by atoms with E-state index in [4.69, 9.17) is 27.1 Å². The third-order valence-corrected chi connectivity index (χ3v) is 5.20. The number of hydrogen-bond acceptors (Lipinski definition) is 8. The molecule has 0 N–H and O–H groups in total. The Kier molecular flexibility index (Phi) is 12.4. The lowest BCUT2D eigenvalue weighted by molar-refractivity contribution is 0.127. The van der Waals surface area contributed by atoms with E-state index < -0.39 is 15.6 Å². The van der Waals surface area contributed by atoms with Crippen molar-refractivity contribution in [1.82, 2.24) is 0 Å². The summed E-state index contributed by atoms with van der Waals surface area (Å²) < 4.78 is 53.9. The second-order valence-electron chi connectivity index (χ2n) is 3.63. The van der Waals surface area contributed by atoms with Crippen LogP contribution in [0.2, 0.25) is 0 Å². The van der Waals surface area contributed by atoms with Gasteiger partial charge in [-0.25, -0.2) is 9.13 Å². The van der Waals surface area contributed by atoms with E-state index in [1.807, 2.05) is 0 Å². The van der Waals surface area contributed by atoms with Gasteiger partial charge in [-0.05, 0) is 27.7 Å². The smallest absolute Gasteiger partial charge is 0.287 e. The van der Waals surface area contributed by atoms with Crippen molar-refractivity contribution in [2.75, 3.05) is 39.6 Å². The monoisotopic (exact) mass is 360 g/mol. The summed E-state index contributed by atoms with van der Waals surface area (Å²) in [5.74, 6) is 0. The largest absolute Gasteiger partial charge is 0.475 e. The van der Waals surface area contributed by atoms with Crippen molar-refractivity contribution in [2.24, 2.45) is 0 Å². The molecular formula is C12H26O8P2. The third-order valence-electron chi connectivity index (χ3n) is 1.97. The summed E-state index contributed by atoms with van der Waals surface area (Å²) in [5.41, 5.74) is 0. The molecular weight excluding hydrogens is 334 g/mol. The van der Waals surface area contributed by atoms with E-state index in [2.05, 4.69) is 0 Å². The summed E-state index contributed by atoms with van der Waals surface area (Å²) in [6.07, 6.45) is 3.10. The average molecular weight is 360 g/mol. The van der Waals surface area contributed by atoms with E-state index in [-0.39, 0.29) is 39.6 Å². The summed E-state index contributed by atoms with van der Waals surface area (Å²) >= 11 is 0. The number of rotatable bonds is 14. The molecule has 0 spiro atoms. The second-order valence-corrected chi connectivity index (χ2v) is 6.97. The molecule has 0 rings (SSSR count). The van der Waals surface area contributed by atoms with Gasteiger partial charge in [-0.15, -0.1) is 0 Å². The van der Waals surface area contributed by atoms with Gasteiger partial charge in [0.2, 0.25) is 0 Å². The molecule has 0 amide bonds. The first-order valence-corrected chi connectivity index (χ1v) is 10.1. The van der Waals surface area contributed by atoms with Crippen molar-refractivity contribution >= 4 is 15.6 Å². The van der Waals surface area contributed by atoms with Gasteiger partial charge in [0.15, 0.2) is 0 Å². The van der Waals surface area contributed by atoms with Crippen LogP contribution in [-0.4, -0.2) is 39.6 Å². The van der Waals surface area contributed by atoms with E-state index in [0.717, 1.165) is 0 Å². The third kappa shape index (κ3) is 9.87. The lowest BCUT2D eigenvalue weighted by atomic mass is 10.5. The van der Waals surface area contributed by atoms with Gasteiger partial charge in [0.25, 0.3) is 0 Å². The van der Waals surface area contributed by atoms with Crippen molar-refractivity contribution in [3.8, 4) is 0 Å². The fourth-order valence-corrected chi connectivity index (χ4v) is 3.51. The molecule has 0 aromatic heterocycles. The molecule has 0 aliphatic carbocycles. The molecule has 0 radical (unpaired) electrons. The van der Waals surface area contributed by atoms with Gasteiger partial charge in [-0.1, -0.05) is 12.2 Å². The number of hydrogen-bond donors (Lipinski definition) is 0. The maximum Gasteiger partial charge on any atom is 0.475 e. The molecule has 0 aliphatic rings. The molecule has 0 unspecified atom stereocenters. The fourth-order valence-electron chi connectivity index (χ4n) is 1.26. The van der Waals surface area contributed by atoms with Crippen LogP contribution in [0, 0.1) is 0 Å². The lowest BCUT2D eigenvalue weighted by Crippen LogP contribution is -2.01. The van der Waals surface area contributed by atoms with Crippen LogP contribution in [0.15, 0.2) is 12.2 Å². The fraction of sp³-hybridized carbons (Fsp3) is 0.833. The van der Waals surface area contributed by atoms with Crippen LogP contribution >= 0.6 is 15.6 Å². The minimum Gasteiger partial charge on any atom is -0.287 e. The van der Waals surface area contributed by atoms with Crippen molar-refractivity contribution in [2.45, 2.75) is 27.7 Å². The predicted molar refractivity (Wildman–Crippen MR) is 82.8 cm³/mol. The van der Waals surface area contributed by atoms with Gasteiger partial charge in [-0.2, -0.15) is 0 Å². The Hall–Kier alpha value is -0.0400. The molecule has 22 heavy (non-hydrogen) atoms. The molecule has 0 fully saturated rings. The maximum atomic E-state index is 12.0. The van der Waals surface area contributed by atoms with Crippen molar-refractivity contribution in [3.63, 3.8) is 0 Å². The zero-order valence-electron chi connectivity index (χ0n) is 13.6. The standard InChI is InChI=1S/C12H26O8P2/c1-5-15-21(13,16-6-2)19-11-9-10-12-20-22(14,17-7-3)18-8-4/h9-10H,5-8,11-12H2,1-4H3/b10-9-. The Balaban J connectivity index is 4.18. The van der Waals surface area contributed by atoms with Crippen LogP contribution < -0.4 is 0 Å².